The minimum atomic E-state index is -3.90. The van der Waals surface area contributed by atoms with Crippen molar-refractivity contribution in [2.24, 2.45) is 0 Å². The Bertz CT molecular complexity index is 1230. The average molecular weight is 436 g/mol. The standard InChI is InChI=1S/C19H25N5O5S/c1-4-6-16-20-12(3)17-19(27)21-18(22-24(16)17)14-11-13(7-8-15(14)26)30(28,29)23(5-2)9-10-25/h7-8,11,25-26H,4-6,9-10H2,1-3H3,(H,21,22,27). The van der Waals surface area contributed by atoms with Crippen LogP contribution in [0.1, 0.15) is 31.8 Å². The number of H-pyrrole nitrogens is 1. The first-order valence-electron chi connectivity index (χ1n) is 9.67. The van der Waals surface area contributed by atoms with Gasteiger partial charge in [0.2, 0.25) is 10.0 Å². The Labute approximate surface area is 173 Å². The van der Waals surface area contributed by atoms with E-state index in [2.05, 4.69) is 15.1 Å². The van der Waals surface area contributed by atoms with E-state index in [0.29, 0.717) is 23.5 Å². The van der Waals surface area contributed by atoms with Crippen LogP contribution in [0.4, 0.5) is 0 Å². The topological polar surface area (TPSA) is 141 Å². The molecule has 30 heavy (non-hydrogen) atoms. The summed E-state index contributed by atoms with van der Waals surface area (Å²) in [5.41, 5.74) is 0.492. The molecular formula is C19H25N5O5S. The van der Waals surface area contributed by atoms with E-state index in [9.17, 15) is 18.3 Å². The SMILES string of the molecule is CCCc1nc(C)c2c(=O)[nH]c(-c3cc(S(=O)(=O)N(CC)CCO)ccc3O)nn12. The predicted molar refractivity (Wildman–Crippen MR) is 111 cm³/mol. The number of sulfonamides is 1. The number of nitrogens with zero attached hydrogens (tertiary/aromatic N) is 4. The highest BCUT2D eigenvalue weighted by Gasteiger charge is 2.25. The van der Waals surface area contributed by atoms with Crippen LogP contribution in [0.25, 0.3) is 16.9 Å². The monoisotopic (exact) mass is 435 g/mol. The van der Waals surface area contributed by atoms with Crippen LogP contribution in [0, 0.1) is 6.92 Å². The highest BCUT2D eigenvalue weighted by atomic mass is 32.2. The molecule has 2 heterocycles. The maximum Gasteiger partial charge on any atom is 0.277 e. The third-order valence-corrected chi connectivity index (χ3v) is 6.75. The smallest absolute Gasteiger partial charge is 0.277 e. The van der Waals surface area contributed by atoms with Gasteiger partial charge in [-0.1, -0.05) is 13.8 Å². The van der Waals surface area contributed by atoms with Crippen molar-refractivity contribution in [3.63, 3.8) is 0 Å². The second kappa shape index (κ2) is 8.54. The molecule has 0 radical (unpaired) electrons. The van der Waals surface area contributed by atoms with Gasteiger partial charge in [0.25, 0.3) is 5.56 Å². The van der Waals surface area contributed by atoms with E-state index in [4.69, 9.17) is 5.11 Å². The van der Waals surface area contributed by atoms with Crippen LogP contribution in [-0.2, 0) is 16.4 Å². The fraction of sp³-hybridized carbons (Fsp3) is 0.421. The van der Waals surface area contributed by atoms with E-state index in [1.165, 1.54) is 22.7 Å². The summed E-state index contributed by atoms with van der Waals surface area (Å²) in [5.74, 6) is 0.415. The molecule has 10 nitrogen and oxygen atoms in total. The number of aliphatic hydroxyl groups excluding tert-OH is 1. The lowest BCUT2D eigenvalue weighted by Crippen LogP contribution is -2.33. The van der Waals surface area contributed by atoms with Gasteiger partial charge in [-0.25, -0.2) is 17.9 Å². The minimum absolute atomic E-state index is 0.0296. The molecule has 0 fully saturated rings. The maximum absolute atomic E-state index is 12.9. The second-order valence-corrected chi connectivity index (χ2v) is 8.76. The zero-order chi connectivity index (χ0) is 22.1. The van der Waals surface area contributed by atoms with Crippen molar-refractivity contribution >= 4 is 15.5 Å². The van der Waals surface area contributed by atoms with Crippen LogP contribution < -0.4 is 5.56 Å². The van der Waals surface area contributed by atoms with Crippen molar-refractivity contribution in [2.75, 3.05) is 19.7 Å². The number of phenolic OH excluding ortho intramolecular Hbond substituents is 1. The molecule has 162 valence electrons. The van der Waals surface area contributed by atoms with Gasteiger partial charge in [0.15, 0.2) is 11.3 Å². The minimum Gasteiger partial charge on any atom is -0.507 e. The van der Waals surface area contributed by atoms with Gasteiger partial charge in [0.05, 0.1) is 22.8 Å². The Balaban J connectivity index is 2.19. The quantitative estimate of drug-likeness (QED) is 0.480. The van der Waals surface area contributed by atoms with E-state index in [-0.39, 0.29) is 41.7 Å². The third kappa shape index (κ3) is 3.83. The molecule has 0 saturated carbocycles. The summed E-state index contributed by atoms with van der Waals surface area (Å²) >= 11 is 0. The van der Waals surface area contributed by atoms with Gasteiger partial charge in [0.1, 0.15) is 11.6 Å². The van der Waals surface area contributed by atoms with Gasteiger partial charge in [-0.15, -0.1) is 5.10 Å². The highest BCUT2D eigenvalue weighted by molar-refractivity contribution is 7.89. The molecule has 0 aliphatic carbocycles. The van der Waals surface area contributed by atoms with E-state index in [1.807, 2.05) is 6.92 Å². The average Bonchev–Trinajstić information content (AvgIpc) is 3.02. The predicted octanol–water partition coefficient (Wildman–Crippen LogP) is 1.05. The molecule has 0 aliphatic heterocycles. The summed E-state index contributed by atoms with van der Waals surface area (Å²) in [7, 11) is -3.90. The molecule has 3 N–H and O–H groups in total. The number of aliphatic hydroxyl groups is 1. The van der Waals surface area contributed by atoms with Crippen LogP contribution in [0.15, 0.2) is 27.9 Å². The van der Waals surface area contributed by atoms with Crippen molar-refractivity contribution in [3.8, 4) is 17.1 Å². The zero-order valence-electron chi connectivity index (χ0n) is 17.1. The lowest BCUT2D eigenvalue weighted by Gasteiger charge is -2.19. The number of aryl methyl sites for hydroxylation is 2. The lowest BCUT2D eigenvalue weighted by molar-refractivity contribution is 0.257. The maximum atomic E-state index is 12.9. The molecule has 0 spiro atoms. The first kappa shape index (κ1) is 21.9. The summed E-state index contributed by atoms with van der Waals surface area (Å²) in [6.07, 6.45) is 1.41. The number of aromatic hydroxyl groups is 1. The highest BCUT2D eigenvalue weighted by Crippen LogP contribution is 2.30. The molecule has 0 saturated heterocycles. The molecule has 11 heteroatoms. The molecule has 0 aliphatic rings. The number of rotatable bonds is 8. The molecule has 3 aromatic rings. The van der Waals surface area contributed by atoms with Crippen LogP contribution in [0.5, 0.6) is 5.75 Å². The van der Waals surface area contributed by atoms with Gasteiger partial charge in [-0.2, -0.15) is 4.31 Å². The van der Waals surface area contributed by atoms with Crippen molar-refractivity contribution in [2.45, 2.75) is 38.5 Å². The summed E-state index contributed by atoms with van der Waals surface area (Å²) in [4.78, 5) is 19.6. The number of benzene rings is 1. The number of fused-ring (bicyclic) bond motifs is 1. The molecule has 2 aromatic heterocycles. The Kier molecular flexibility index (Phi) is 6.25. The molecule has 0 bridgehead atoms. The fourth-order valence-corrected chi connectivity index (χ4v) is 4.78. The Morgan fingerprint density at radius 2 is 2.00 bits per heavy atom. The van der Waals surface area contributed by atoms with Crippen molar-refractivity contribution in [1.82, 2.24) is 23.9 Å². The number of hydrogen-bond acceptors (Lipinski definition) is 7. The van der Waals surface area contributed by atoms with E-state index in [1.54, 1.807) is 13.8 Å². The number of hydrogen-bond donors (Lipinski definition) is 3. The first-order valence-corrected chi connectivity index (χ1v) is 11.1. The van der Waals surface area contributed by atoms with E-state index >= 15 is 0 Å². The van der Waals surface area contributed by atoms with Gasteiger partial charge >= 0.3 is 0 Å². The van der Waals surface area contributed by atoms with Crippen molar-refractivity contribution in [1.29, 1.82) is 0 Å². The summed E-state index contributed by atoms with van der Waals surface area (Å²) < 4.78 is 28.4. The fourth-order valence-electron chi connectivity index (χ4n) is 3.32. The summed E-state index contributed by atoms with van der Waals surface area (Å²) in [5, 5.41) is 23.9. The Hall–Kier alpha value is -2.76. The first-order chi connectivity index (χ1) is 14.2. The van der Waals surface area contributed by atoms with Crippen LogP contribution >= 0.6 is 0 Å². The Morgan fingerprint density at radius 1 is 1.27 bits per heavy atom. The molecule has 0 atom stereocenters. The number of likely N-dealkylation sites (N-methyl/N-ethyl adjacent to an activating group) is 1. The summed E-state index contributed by atoms with van der Waals surface area (Å²) in [6.45, 7) is 5.17. The molecular weight excluding hydrogens is 410 g/mol. The van der Waals surface area contributed by atoms with Crippen molar-refractivity contribution in [3.05, 3.63) is 40.1 Å². The van der Waals surface area contributed by atoms with E-state index in [0.717, 1.165) is 10.7 Å². The van der Waals surface area contributed by atoms with Gasteiger partial charge in [-0.3, -0.25) is 4.79 Å². The van der Waals surface area contributed by atoms with Crippen LogP contribution in [-0.4, -0.2) is 62.2 Å². The Morgan fingerprint density at radius 3 is 2.63 bits per heavy atom. The normalized spacial score (nSPS) is 12.2. The number of phenols is 1. The lowest BCUT2D eigenvalue weighted by atomic mass is 10.2. The van der Waals surface area contributed by atoms with Gasteiger partial charge in [-0.05, 0) is 31.5 Å². The van der Waals surface area contributed by atoms with Gasteiger partial charge in [0, 0.05) is 19.5 Å². The second-order valence-electron chi connectivity index (χ2n) is 6.83. The number of aromatic nitrogens is 4. The third-order valence-electron chi connectivity index (χ3n) is 4.78. The largest absolute Gasteiger partial charge is 0.507 e. The van der Waals surface area contributed by atoms with E-state index < -0.39 is 15.6 Å². The van der Waals surface area contributed by atoms with Crippen LogP contribution in [0.2, 0.25) is 0 Å². The number of imidazole rings is 1. The number of aromatic amines is 1. The molecule has 0 unspecified atom stereocenters. The molecule has 1 aromatic carbocycles. The molecule has 0 amide bonds. The zero-order valence-corrected chi connectivity index (χ0v) is 17.9. The number of nitrogens with one attached hydrogen (secondary N) is 1. The summed E-state index contributed by atoms with van der Waals surface area (Å²) in [6, 6.07) is 3.78. The van der Waals surface area contributed by atoms with Gasteiger partial charge < -0.3 is 15.2 Å². The van der Waals surface area contributed by atoms with Crippen LogP contribution in [0.3, 0.4) is 0 Å². The van der Waals surface area contributed by atoms with Crippen molar-refractivity contribution < 1.29 is 18.6 Å². The molecule has 3 rings (SSSR count).